The van der Waals surface area contributed by atoms with E-state index in [9.17, 15) is 0 Å². The van der Waals surface area contributed by atoms with Crippen LogP contribution in [0.1, 0.15) is 39.0 Å². The SMILES string of the molecule is CC1(P)CCCCC1. The molecule has 48 valence electrons. The normalized spacial score (nSPS) is 27.8. The van der Waals surface area contributed by atoms with E-state index in [2.05, 4.69) is 16.2 Å². The van der Waals surface area contributed by atoms with E-state index < -0.39 is 0 Å². The molecule has 1 aliphatic rings. The first-order valence-electron chi connectivity index (χ1n) is 3.50. The van der Waals surface area contributed by atoms with Crippen molar-refractivity contribution < 1.29 is 0 Å². The number of hydrogen-bond acceptors (Lipinski definition) is 0. The lowest BCUT2D eigenvalue weighted by Crippen LogP contribution is -2.18. The summed E-state index contributed by atoms with van der Waals surface area (Å²) in [5, 5.41) is 0.595. The van der Waals surface area contributed by atoms with Gasteiger partial charge in [0.2, 0.25) is 0 Å². The minimum atomic E-state index is 0.595. The van der Waals surface area contributed by atoms with E-state index in [4.69, 9.17) is 0 Å². The smallest absolute Gasteiger partial charge is 0.0178 e. The molecule has 0 bridgehead atoms. The van der Waals surface area contributed by atoms with E-state index in [0.717, 1.165) is 0 Å². The van der Waals surface area contributed by atoms with E-state index in [-0.39, 0.29) is 0 Å². The Kier molecular flexibility index (Phi) is 1.92. The molecule has 1 atom stereocenters. The monoisotopic (exact) mass is 130 g/mol. The van der Waals surface area contributed by atoms with Crippen LogP contribution in [0.2, 0.25) is 0 Å². The molecule has 0 nitrogen and oxygen atoms in total. The Labute approximate surface area is 54.3 Å². The summed E-state index contributed by atoms with van der Waals surface area (Å²) in [5.41, 5.74) is 0. The van der Waals surface area contributed by atoms with Gasteiger partial charge in [0, 0.05) is 0 Å². The molecule has 0 amide bonds. The maximum Gasteiger partial charge on any atom is -0.0178 e. The summed E-state index contributed by atoms with van der Waals surface area (Å²) in [6, 6.07) is 0. The molecule has 0 aliphatic heterocycles. The van der Waals surface area contributed by atoms with Crippen molar-refractivity contribution in [2.75, 3.05) is 0 Å². The zero-order chi connectivity index (χ0) is 6.04. The second kappa shape index (κ2) is 2.35. The minimum Gasteiger partial charge on any atom is -0.131 e. The van der Waals surface area contributed by atoms with Gasteiger partial charge in [-0.1, -0.05) is 26.2 Å². The molecule has 1 aliphatic carbocycles. The third-order valence-corrected chi connectivity index (χ3v) is 2.57. The van der Waals surface area contributed by atoms with Crippen LogP contribution in [0.15, 0.2) is 0 Å². The zero-order valence-electron chi connectivity index (χ0n) is 5.61. The van der Waals surface area contributed by atoms with Crippen molar-refractivity contribution in [3.8, 4) is 0 Å². The van der Waals surface area contributed by atoms with Crippen LogP contribution in [-0.2, 0) is 0 Å². The fourth-order valence-corrected chi connectivity index (χ4v) is 1.77. The van der Waals surface area contributed by atoms with Crippen LogP contribution in [0.3, 0.4) is 0 Å². The molecule has 0 radical (unpaired) electrons. The molecule has 0 N–H and O–H groups in total. The van der Waals surface area contributed by atoms with Gasteiger partial charge < -0.3 is 0 Å². The van der Waals surface area contributed by atoms with Crippen molar-refractivity contribution >= 4 is 9.24 Å². The summed E-state index contributed by atoms with van der Waals surface area (Å²) < 4.78 is 0. The van der Waals surface area contributed by atoms with E-state index in [1.165, 1.54) is 32.1 Å². The summed E-state index contributed by atoms with van der Waals surface area (Å²) in [6.45, 7) is 2.34. The third kappa shape index (κ3) is 1.74. The maximum absolute atomic E-state index is 2.96. The Morgan fingerprint density at radius 2 is 1.62 bits per heavy atom. The van der Waals surface area contributed by atoms with E-state index in [1.807, 2.05) is 0 Å². The fraction of sp³-hybridized carbons (Fsp3) is 1.00. The third-order valence-electron chi connectivity index (χ3n) is 2.00. The molecule has 0 aromatic carbocycles. The summed E-state index contributed by atoms with van der Waals surface area (Å²) in [5.74, 6) is 0. The van der Waals surface area contributed by atoms with Gasteiger partial charge in [-0.3, -0.25) is 0 Å². The van der Waals surface area contributed by atoms with Crippen LogP contribution in [0.5, 0.6) is 0 Å². The topological polar surface area (TPSA) is 0 Å². The second-order valence-corrected chi connectivity index (χ2v) is 4.61. The minimum absolute atomic E-state index is 0.595. The van der Waals surface area contributed by atoms with Crippen LogP contribution >= 0.6 is 9.24 Å². The van der Waals surface area contributed by atoms with Gasteiger partial charge in [-0.25, -0.2) is 0 Å². The van der Waals surface area contributed by atoms with Crippen LogP contribution in [0.4, 0.5) is 0 Å². The summed E-state index contributed by atoms with van der Waals surface area (Å²) in [7, 11) is 2.96. The molecule has 1 saturated carbocycles. The van der Waals surface area contributed by atoms with Crippen LogP contribution in [0.25, 0.3) is 0 Å². The fourth-order valence-electron chi connectivity index (χ4n) is 1.36. The first kappa shape index (κ1) is 6.55. The van der Waals surface area contributed by atoms with Gasteiger partial charge in [0.25, 0.3) is 0 Å². The predicted octanol–water partition coefficient (Wildman–Crippen LogP) is 2.58. The molecule has 1 unspecified atom stereocenters. The molecule has 8 heavy (non-hydrogen) atoms. The lowest BCUT2D eigenvalue weighted by atomic mass is 9.90. The molecular weight excluding hydrogens is 115 g/mol. The summed E-state index contributed by atoms with van der Waals surface area (Å²) >= 11 is 0. The standard InChI is InChI=1S/C7H15P/c1-7(8)5-3-2-4-6-7/h2-6,8H2,1H3. The lowest BCUT2D eigenvalue weighted by Gasteiger charge is -2.28. The average molecular weight is 130 g/mol. The van der Waals surface area contributed by atoms with Gasteiger partial charge in [-0.2, -0.15) is 0 Å². The first-order chi connectivity index (χ1) is 3.71. The van der Waals surface area contributed by atoms with Crippen molar-refractivity contribution in [1.82, 2.24) is 0 Å². The molecule has 1 fully saturated rings. The molecule has 0 heterocycles. The van der Waals surface area contributed by atoms with Crippen molar-refractivity contribution in [2.45, 2.75) is 44.2 Å². The van der Waals surface area contributed by atoms with Crippen molar-refractivity contribution in [3.05, 3.63) is 0 Å². The highest BCUT2D eigenvalue weighted by molar-refractivity contribution is 7.18. The summed E-state index contributed by atoms with van der Waals surface area (Å²) in [6.07, 6.45) is 7.18. The first-order valence-corrected chi connectivity index (χ1v) is 4.07. The Hall–Kier alpha value is 0.430. The van der Waals surface area contributed by atoms with Crippen molar-refractivity contribution in [2.24, 2.45) is 0 Å². The quantitative estimate of drug-likeness (QED) is 0.442. The maximum atomic E-state index is 2.96. The Balaban J connectivity index is 2.33. The number of rotatable bonds is 0. The Bertz CT molecular complexity index is 68.5. The van der Waals surface area contributed by atoms with Gasteiger partial charge in [-0.05, 0) is 18.0 Å². The molecule has 1 heteroatoms. The lowest BCUT2D eigenvalue weighted by molar-refractivity contribution is 0.421. The van der Waals surface area contributed by atoms with Gasteiger partial charge >= 0.3 is 0 Å². The number of hydrogen-bond donors (Lipinski definition) is 0. The second-order valence-electron chi connectivity index (χ2n) is 3.21. The summed E-state index contributed by atoms with van der Waals surface area (Å²) in [4.78, 5) is 0. The largest absolute Gasteiger partial charge is 0.131 e. The predicted molar refractivity (Wildman–Crippen MR) is 41.2 cm³/mol. The Morgan fingerprint density at radius 1 is 1.12 bits per heavy atom. The van der Waals surface area contributed by atoms with E-state index in [0.29, 0.717) is 5.16 Å². The Morgan fingerprint density at radius 3 is 1.88 bits per heavy atom. The molecular formula is C7H15P. The molecule has 0 saturated heterocycles. The molecule has 0 aromatic rings. The van der Waals surface area contributed by atoms with E-state index >= 15 is 0 Å². The highest BCUT2D eigenvalue weighted by atomic mass is 31.0. The van der Waals surface area contributed by atoms with Gasteiger partial charge in [0.05, 0.1) is 0 Å². The van der Waals surface area contributed by atoms with Crippen LogP contribution in [-0.4, -0.2) is 5.16 Å². The van der Waals surface area contributed by atoms with Crippen LogP contribution in [0, 0.1) is 0 Å². The molecule has 1 rings (SSSR count). The van der Waals surface area contributed by atoms with Crippen molar-refractivity contribution in [3.63, 3.8) is 0 Å². The highest BCUT2D eigenvalue weighted by Crippen LogP contribution is 2.34. The molecule has 0 spiro atoms. The van der Waals surface area contributed by atoms with Gasteiger partial charge in [-0.15, -0.1) is 9.24 Å². The zero-order valence-corrected chi connectivity index (χ0v) is 6.77. The van der Waals surface area contributed by atoms with Gasteiger partial charge in [0.15, 0.2) is 0 Å². The van der Waals surface area contributed by atoms with Crippen LogP contribution < -0.4 is 0 Å². The van der Waals surface area contributed by atoms with Gasteiger partial charge in [0.1, 0.15) is 0 Å². The van der Waals surface area contributed by atoms with Crippen molar-refractivity contribution in [1.29, 1.82) is 0 Å². The van der Waals surface area contributed by atoms with E-state index in [1.54, 1.807) is 0 Å². The highest BCUT2D eigenvalue weighted by Gasteiger charge is 2.20. The average Bonchev–Trinajstić information content (AvgIpc) is 1.65. The molecule has 0 aromatic heterocycles.